The minimum absolute atomic E-state index is 0.00354. The molecule has 1 aromatic carbocycles. The highest BCUT2D eigenvalue weighted by Gasteiger charge is 2.18. The van der Waals surface area contributed by atoms with Crippen LogP contribution < -0.4 is 5.32 Å². The van der Waals surface area contributed by atoms with Gasteiger partial charge in [0.2, 0.25) is 0 Å². The molecule has 5 nitrogen and oxygen atoms in total. The van der Waals surface area contributed by atoms with E-state index in [-0.39, 0.29) is 11.9 Å². The second-order valence-electron chi connectivity index (χ2n) is 6.00. The molecule has 0 radical (unpaired) electrons. The van der Waals surface area contributed by atoms with E-state index in [9.17, 15) is 4.79 Å². The molecule has 3 rings (SSSR count). The molecule has 0 bridgehead atoms. The van der Waals surface area contributed by atoms with Crippen molar-refractivity contribution in [3.05, 3.63) is 59.7 Å². The van der Waals surface area contributed by atoms with Crippen LogP contribution in [0.5, 0.6) is 0 Å². The molecular formula is C18H20N4OS. The summed E-state index contributed by atoms with van der Waals surface area (Å²) in [5.74, 6) is 0.232. The number of aromatic nitrogens is 3. The lowest BCUT2D eigenvalue weighted by atomic mass is 10.0. The van der Waals surface area contributed by atoms with Crippen LogP contribution in [0.1, 0.15) is 24.2 Å². The number of nitrogens with one attached hydrogen (secondary N) is 1. The number of nitrogens with zero attached hydrogens (tertiary/aromatic N) is 3. The average Bonchev–Trinajstić information content (AvgIpc) is 3.28. The highest BCUT2D eigenvalue weighted by atomic mass is 32.1. The fraction of sp³-hybridized carbons (Fsp3) is 0.278. The maximum atomic E-state index is 12.5. The summed E-state index contributed by atoms with van der Waals surface area (Å²) in [6, 6.07) is 11.8. The second kappa shape index (κ2) is 7.40. The zero-order chi connectivity index (χ0) is 16.9. The van der Waals surface area contributed by atoms with Crippen LogP contribution >= 0.6 is 11.3 Å². The van der Waals surface area contributed by atoms with E-state index < -0.39 is 0 Å². The molecular weight excluding hydrogens is 320 g/mol. The number of thiophene rings is 1. The molecule has 3 aromatic rings. The summed E-state index contributed by atoms with van der Waals surface area (Å²) in [6.07, 6.45) is 3.44. The van der Waals surface area contributed by atoms with Crippen molar-refractivity contribution in [2.75, 3.05) is 0 Å². The number of amides is 1. The van der Waals surface area contributed by atoms with Crippen molar-refractivity contribution >= 4 is 17.2 Å². The molecule has 2 heterocycles. The standard InChI is InChI=1S/C18H20N4OS/c1-13(2)16(12-22-10-9-19-21-22)20-18(23)15-7-5-14(6-8-15)17-4-3-11-24-17/h3-11,13,16H,12H2,1-2H3,(H,20,23). The van der Waals surface area contributed by atoms with Crippen LogP contribution in [0.4, 0.5) is 0 Å². The molecule has 1 N–H and O–H groups in total. The molecule has 0 aliphatic heterocycles. The fourth-order valence-corrected chi connectivity index (χ4v) is 3.17. The molecule has 2 aromatic heterocycles. The first kappa shape index (κ1) is 16.4. The van der Waals surface area contributed by atoms with E-state index >= 15 is 0 Å². The molecule has 6 heteroatoms. The van der Waals surface area contributed by atoms with E-state index in [2.05, 4.69) is 35.5 Å². The second-order valence-corrected chi connectivity index (χ2v) is 6.95. The van der Waals surface area contributed by atoms with Crippen LogP contribution in [0.3, 0.4) is 0 Å². The van der Waals surface area contributed by atoms with Crippen LogP contribution in [0.25, 0.3) is 10.4 Å². The molecule has 0 saturated carbocycles. The van der Waals surface area contributed by atoms with E-state index in [4.69, 9.17) is 0 Å². The van der Waals surface area contributed by atoms with Crippen LogP contribution in [0.15, 0.2) is 54.2 Å². The Bertz CT molecular complexity index is 764. The zero-order valence-electron chi connectivity index (χ0n) is 13.7. The van der Waals surface area contributed by atoms with Gasteiger partial charge in [0.15, 0.2) is 0 Å². The Kier molecular flexibility index (Phi) is 5.05. The quantitative estimate of drug-likeness (QED) is 0.747. The summed E-state index contributed by atoms with van der Waals surface area (Å²) < 4.78 is 1.74. The van der Waals surface area contributed by atoms with Gasteiger partial charge in [-0.2, -0.15) is 0 Å². The summed E-state index contributed by atoms with van der Waals surface area (Å²) >= 11 is 1.69. The largest absolute Gasteiger partial charge is 0.347 e. The van der Waals surface area contributed by atoms with Gasteiger partial charge in [-0.25, -0.2) is 0 Å². The van der Waals surface area contributed by atoms with Gasteiger partial charge in [0.1, 0.15) is 0 Å². The molecule has 1 atom stereocenters. The smallest absolute Gasteiger partial charge is 0.251 e. The summed E-state index contributed by atoms with van der Waals surface area (Å²) in [5.41, 5.74) is 1.80. The van der Waals surface area contributed by atoms with E-state index in [1.54, 1.807) is 28.4 Å². The topological polar surface area (TPSA) is 59.8 Å². The molecule has 0 spiro atoms. The SMILES string of the molecule is CC(C)C(Cn1ccnn1)NC(=O)c1ccc(-c2cccs2)cc1. The summed E-state index contributed by atoms with van der Waals surface area (Å²) in [6.45, 7) is 4.78. The van der Waals surface area contributed by atoms with Crippen molar-refractivity contribution in [1.29, 1.82) is 0 Å². The molecule has 0 fully saturated rings. The first-order valence-electron chi connectivity index (χ1n) is 7.92. The lowest BCUT2D eigenvalue weighted by Crippen LogP contribution is -2.41. The summed E-state index contributed by atoms with van der Waals surface area (Å²) in [4.78, 5) is 13.7. The van der Waals surface area contributed by atoms with Crippen molar-refractivity contribution in [3.8, 4) is 10.4 Å². The number of carbonyl (C=O) groups excluding carboxylic acids is 1. The van der Waals surface area contributed by atoms with Crippen LogP contribution in [0.2, 0.25) is 0 Å². The van der Waals surface area contributed by atoms with Gasteiger partial charge in [-0.3, -0.25) is 9.48 Å². The van der Waals surface area contributed by atoms with Crippen molar-refractivity contribution in [2.24, 2.45) is 5.92 Å². The molecule has 0 aliphatic rings. The van der Waals surface area contributed by atoms with Crippen LogP contribution in [-0.2, 0) is 6.54 Å². The van der Waals surface area contributed by atoms with Gasteiger partial charge in [0.25, 0.3) is 5.91 Å². The third-order valence-corrected chi connectivity index (χ3v) is 4.85. The average molecular weight is 340 g/mol. The van der Waals surface area contributed by atoms with Gasteiger partial charge in [-0.05, 0) is 35.1 Å². The summed E-state index contributed by atoms with van der Waals surface area (Å²) in [7, 11) is 0. The van der Waals surface area contributed by atoms with Crippen molar-refractivity contribution in [2.45, 2.75) is 26.4 Å². The zero-order valence-corrected chi connectivity index (χ0v) is 14.5. The highest BCUT2D eigenvalue weighted by Crippen LogP contribution is 2.24. The van der Waals surface area contributed by atoms with Crippen molar-refractivity contribution in [1.82, 2.24) is 20.3 Å². The third kappa shape index (κ3) is 3.89. The third-order valence-electron chi connectivity index (χ3n) is 3.93. The Morgan fingerprint density at radius 2 is 2.04 bits per heavy atom. The monoisotopic (exact) mass is 340 g/mol. The number of hydrogen-bond donors (Lipinski definition) is 1. The number of benzene rings is 1. The molecule has 0 saturated heterocycles. The molecule has 124 valence electrons. The van der Waals surface area contributed by atoms with E-state index in [1.807, 2.05) is 35.7 Å². The first-order valence-corrected chi connectivity index (χ1v) is 8.80. The van der Waals surface area contributed by atoms with Gasteiger partial charge >= 0.3 is 0 Å². The lowest BCUT2D eigenvalue weighted by Gasteiger charge is -2.22. The number of hydrogen-bond acceptors (Lipinski definition) is 4. The highest BCUT2D eigenvalue weighted by molar-refractivity contribution is 7.13. The van der Waals surface area contributed by atoms with Gasteiger partial charge in [0.05, 0.1) is 18.8 Å². The Morgan fingerprint density at radius 3 is 2.62 bits per heavy atom. The Balaban J connectivity index is 1.68. The number of carbonyl (C=O) groups is 1. The van der Waals surface area contributed by atoms with Crippen molar-refractivity contribution < 1.29 is 4.79 Å². The minimum Gasteiger partial charge on any atom is -0.347 e. The predicted octanol–water partition coefficient (Wildman–Crippen LogP) is 3.46. The van der Waals surface area contributed by atoms with E-state index in [0.29, 0.717) is 18.0 Å². The fourth-order valence-electron chi connectivity index (χ4n) is 2.44. The van der Waals surface area contributed by atoms with Gasteiger partial charge in [0, 0.05) is 16.6 Å². The summed E-state index contributed by atoms with van der Waals surface area (Å²) in [5, 5.41) is 12.9. The van der Waals surface area contributed by atoms with Gasteiger partial charge < -0.3 is 5.32 Å². The van der Waals surface area contributed by atoms with Crippen molar-refractivity contribution in [3.63, 3.8) is 0 Å². The predicted molar refractivity (Wildman–Crippen MR) is 95.9 cm³/mol. The molecule has 1 unspecified atom stereocenters. The van der Waals surface area contributed by atoms with E-state index in [0.717, 1.165) is 5.56 Å². The van der Waals surface area contributed by atoms with Crippen LogP contribution in [0, 0.1) is 5.92 Å². The van der Waals surface area contributed by atoms with E-state index in [1.165, 1.54) is 4.88 Å². The normalized spacial score (nSPS) is 12.3. The lowest BCUT2D eigenvalue weighted by molar-refractivity contribution is 0.0919. The van der Waals surface area contributed by atoms with Gasteiger partial charge in [-0.15, -0.1) is 16.4 Å². The van der Waals surface area contributed by atoms with Gasteiger partial charge in [-0.1, -0.05) is 37.3 Å². The van der Waals surface area contributed by atoms with Crippen LogP contribution in [-0.4, -0.2) is 26.9 Å². The number of rotatable bonds is 6. The molecule has 24 heavy (non-hydrogen) atoms. The molecule has 1 amide bonds. The maximum absolute atomic E-state index is 12.5. The minimum atomic E-state index is -0.0634. The Morgan fingerprint density at radius 1 is 1.25 bits per heavy atom. The Labute approximate surface area is 145 Å². The maximum Gasteiger partial charge on any atom is 0.251 e. The molecule has 0 aliphatic carbocycles. The Hall–Kier alpha value is -2.47. The first-order chi connectivity index (χ1) is 11.6.